The fourth-order valence-electron chi connectivity index (χ4n) is 0.871. The highest BCUT2D eigenvalue weighted by atomic mass is 16.3. The molecule has 0 aromatic carbocycles. The zero-order chi connectivity index (χ0) is 10.1. The van der Waals surface area contributed by atoms with Crippen molar-refractivity contribution in [1.29, 1.82) is 0 Å². The molecule has 0 saturated heterocycles. The van der Waals surface area contributed by atoms with Gasteiger partial charge < -0.3 is 10.2 Å². The van der Waals surface area contributed by atoms with Crippen molar-refractivity contribution in [2.45, 2.75) is 19.4 Å². The molecule has 0 saturated carbocycles. The summed E-state index contributed by atoms with van der Waals surface area (Å²) in [7, 11) is 0. The Morgan fingerprint density at radius 2 is 2.23 bits per heavy atom. The van der Waals surface area contributed by atoms with Crippen LogP contribution in [0.2, 0.25) is 0 Å². The Labute approximate surface area is 77.1 Å². The van der Waals surface area contributed by atoms with Crippen LogP contribution < -0.4 is 0 Å². The van der Waals surface area contributed by atoms with Crippen LogP contribution in [0.25, 0.3) is 0 Å². The van der Waals surface area contributed by atoms with Gasteiger partial charge in [-0.3, -0.25) is 4.98 Å². The molecule has 1 unspecified atom stereocenters. The van der Waals surface area contributed by atoms with E-state index in [1.54, 1.807) is 6.92 Å². The third-order valence-electron chi connectivity index (χ3n) is 1.90. The van der Waals surface area contributed by atoms with Gasteiger partial charge in [-0.25, -0.2) is 0 Å². The first-order valence-corrected chi connectivity index (χ1v) is 3.83. The molecule has 0 spiro atoms. The van der Waals surface area contributed by atoms with E-state index in [1.807, 2.05) is 0 Å². The van der Waals surface area contributed by atoms with Crippen molar-refractivity contribution in [3.63, 3.8) is 0 Å². The van der Waals surface area contributed by atoms with Crippen molar-refractivity contribution in [2.75, 3.05) is 0 Å². The molecule has 1 atom stereocenters. The van der Waals surface area contributed by atoms with Crippen molar-refractivity contribution in [3.05, 3.63) is 23.5 Å². The molecule has 3 heteroatoms. The van der Waals surface area contributed by atoms with E-state index in [0.717, 1.165) is 0 Å². The van der Waals surface area contributed by atoms with Crippen LogP contribution in [-0.2, 0) is 5.60 Å². The molecule has 0 aliphatic heterocycles. The molecule has 2 N–H and O–H groups in total. The van der Waals surface area contributed by atoms with Crippen LogP contribution in [0.4, 0.5) is 0 Å². The van der Waals surface area contributed by atoms with E-state index in [1.165, 1.54) is 19.2 Å². The van der Waals surface area contributed by atoms with Gasteiger partial charge in [-0.15, -0.1) is 6.42 Å². The maximum Gasteiger partial charge on any atom is 0.149 e. The smallest absolute Gasteiger partial charge is 0.149 e. The lowest BCUT2D eigenvalue weighted by Gasteiger charge is -2.16. The summed E-state index contributed by atoms with van der Waals surface area (Å²) in [6.45, 7) is 3.14. The monoisotopic (exact) mass is 177 g/mol. The van der Waals surface area contributed by atoms with Crippen molar-refractivity contribution in [2.24, 2.45) is 0 Å². The van der Waals surface area contributed by atoms with Crippen molar-refractivity contribution >= 4 is 0 Å². The van der Waals surface area contributed by atoms with Gasteiger partial charge in [0.15, 0.2) is 0 Å². The topological polar surface area (TPSA) is 53.4 Å². The first kappa shape index (κ1) is 9.56. The van der Waals surface area contributed by atoms with Crippen LogP contribution in [0, 0.1) is 19.3 Å². The van der Waals surface area contributed by atoms with Gasteiger partial charge in [0.25, 0.3) is 0 Å². The molecule has 0 amide bonds. The molecule has 13 heavy (non-hydrogen) atoms. The number of hydrogen-bond donors (Lipinski definition) is 2. The molecule has 0 bridgehead atoms. The van der Waals surface area contributed by atoms with Crippen LogP contribution in [0.5, 0.6) is 5.75 Å². The summed E-state index contributed by atoms with van der Waals surface area (Å²) < 4.78 is 0. The standard InChI is InChI=1S/C10H11NO2/c1-4-10(3,13)8-5-9(12)7(2)11-6-8/h1,5-6,12-13H,2-3H3. The van der Waals surface area contributed by atoms with Crippen molar-refractivity contribution in [1.82, 2.24) is 4.98 Å². The molecule has 0 aliphatic rings. The highest BCUT2D eigenvalue weighted by Gasteiger charge is 2.20. The quantitative estimate of drug-likeness (QED) is 0.627. The molecule has 1 rings (SSSR count). The minimum absolute atomic E-state index is 0.0352. The summed E-state index contributed by atoms with van der Waals surface area (Å²) in [5, 5.41) is 18.9. The summed E-state index contributed by atoms with van der Waals surface area (Å²) in [4.78, 5) is 3.89. The second-order valence-electron chi connectivity index (χ2n) is 3.05. The number of nitrogens with zero attached hydrogens (tertiary/aromatic N) is 1. The second-order valence-corrected chi connectivity index (χ2v) is 3.05. The van der Waals surface area contributed by atoms with Gasteiger partial charge in [0.05, 0.1) is 5.69 Å². The third kappa shape index (κ3) is 1.79. The largest absolute Gasteiger partial charge is 0.506 e. The third-order valence-corrected chi connectivity index (χ3v) is 1.90. The van der Waals surface area contributed by atoms with E-state index in [-0.39, 0.29) is 5.75 Å². The first-order valence-electron chi connectivity index (χ1n) is 3.83. The van der Waals surface area contributed by atoms with E-state index in [4.69, 9.17) is 6.42 Å². The van der Waals surface area contributed by atoms with Gasteiger partial charge >= 0.3 is 0 Å². The average Bonchev–Trinajstić information content (AvgIpc) is 2.09. The van der Waals surface area contributed by atoms with E-state index in [9.17, 15) is 10.2 Å². The Morgan fingerprint density at radius 1 is 1.62 bits per heavy atom. The lowest BCUT2D eigenvalue weighted by Crippen LogP contribution is -2.18. The van der Waals surface area contributed by atoms with Crippen molar-refractivity contribution < 1.29 is 10.2 Å². The van der Waals surface area contributed by atoms with Crippen LogP contribution in [-0.4, -0.2) is 15.2 Å². The minimum Gasteiger partial charge on any atom is -0.506 e. The number of hydrogen-bond acceptors (Lipinski definition) is 3. The number of pyridine rings is 1. The summed E-state index contributed by atoms with van der Waals surface area (Å²) in [5.41, 5.74) is -0.451. The average molecular weight is 177 g/mol. The molecule has 1 aromatic heterocycles. The van der Waals surface area contributed by atoms with E-state index in [0.29, 0.717) is 11.3 Å². The number of aliphatic hydroxyl groups is 1. The Bertz CT molecular complexity index is 364. The predicted molar refractivity (Wildman–Crippen MR) is 49.0 cm³/mol. The Morgan fingerprint density at radius 3 is 2.69 bits per heavy atom. The highest BCUT2D eigenvalue weighted by Crippen LogP contribution is 2.23. The highest BCUT2D eigenvalue weighted by molar-refractivity contribution is 5.35. The minimum atomic E-state index is -1.38. The SMILES string of the molecule is C#CC(C)(O)c1cnc(C)c(O)c1. The zero-order valence-electron chi connectivity index (χ0n) is 7.57. The van der Waals surface area contributed by atoms with E-state index in [2.05, 4.69) is 10.9 Å². The summed E-state index contributed by atoms with van der Waals surface area (Å²) in [6, 6.07) is 1.42. The Kier molecular flexibility index (Phi) is 2.26. The maximum absolute atomic E-state index is 9.62. The zero-order valence-corrected chi connectivity index (χ0v) is 7.57. The molecular formula is C10H11NO2. The molecule has 1 aromatic rings. The maximum atomic E-state index is 9.62. The summed E-state index contributed by atoms with van der Waals surface area (Å²) in [6.07, 6.45) is 6.57. The lowest BCUT2D eigenvalue weighted by molar-refractivity contribution is 0.121. The van der Waals surface area contributed by atoms with Crippen molar-refractivity contribution in [3.8, 4) is 18.1 Å². The van der Waals surface area contributed by atoms with Crippen LogP contribution in [0.3, 0.4) is 0 Å². The molecule has 0 aliphatic carbocycles. The molecular weight excluding hydrogens is 166 g/mol. The number of rotatable bonds is 1. The van der Waals surface area contributed by atoms with Crippen LogP contribution in [0.1, 0.15) is 18.2 Å². The molecule has 68 valence electrons. The Balaban J connectivity index is 3.20. The number of aromatic hydroxyl groups is 1. The van der Waals surface area contributed by atoms with Gasteiger partial charge in [0, 0.05) is 11.8 Å². The van der Waals surface area contributed by atoms with Crippen LogP contribution >= 0.6 is 0 Å². The second kappa shape index (κ2) is 3.08. The van der Waals surface area contributed by atoms with Gasteiger partial charge in [-0.05, 0) is 19.9 Å². The summed E-state index contributed by atoms with van der Waals surface area (Å²) >= 11 is 0. The van der Waals surface area contributed by atoms with E-state index >= 15 is 0 Å². The number of aromatic nitrogens is 1. The molecule has 3 nitrogen and oxygen atoms in total. The fourth-order valence-corrected chi connectivity index (χ4v) is 0.871. The van der Waals surface area contributed by atoms with Gasteiger partial charge in [0.1, 0.15) is 11.4 Å². The van der Waals surface area contributed by atoms with Crippen LogP contribution in [0.15, 0.2) is 12.3 Å². The summed E-state index contributed by atoms with van der Waals surface area (Å²) in [5.74, 6) is 2.24. The molecule has 0 fully saturated rings. The molecule has 1 heterocycles. The predicted octanol–water partition coefficient (Wildman–Crippen LogP) is 0.936. The van der Waals surface area contributed by atoms with E-state index < -0.39 is 5.60 Å². The number of aryl methyl sites for hydroxylation is 1. The normalized spacial score (nSPS) is 14.6. The van der Waals surface area contributed by atoms with Gasteiger partial charge in [-0.1, -0.05) is 5.92 Å². The van der Waals surface area contributed by atoms with Gasteiger partial charge in [-0.2, -0.15) is 0 Å². The fraction of sp³-hybridized carbons (Fsp3) is 0.300. The lowest BCUT2D eigenvalue weighted by atomic mass is 9.98. The first-order chi connectivity index (χ1) is 5.97. The number of terminal acetylenes is 1. The molecule has 0 radical (unpaired) electrons. The van der Waals surface area contributed by atoms with Gasteiger partial charge in [0.2, 0.25) is 0 Å². The Hall–Kier alpha value is -1.53.